The van der Waals surface area contributed by atoms with Crippen LogP contribution in [0.3, 0.4) is 0 Å². The molecule has 0 aromatic carbocycles. The Labute approximate surface area is 78.2 Å². The van der Waals surface area contributed by atoms with Gasteiger partial charge < -0.3 is 5.32 Å². The van der Waals surface area contributed by atoms with E-state index in [2.05, 4.69) is 5.32 Å². The minimum Gasteiger partial charge on any atom is -0.326 e. The molecule has 72 valence electrons. The van der Waals surface area contributed by atoms with Gasteiger partial charge in [0.25, 0.3) is 0 Å². The van der Waals surface area contributed by atoms with Crippen molar-refractivity contribution in [3.63, 3.8) is 0 Å². The number of allylic oxidation sites excluding steroid dienone is 2. The van der Waals surface area contributed by atoms with Gasteiger partial charge in [-0.2, -0.15) is 0 Å². The topological polar surface area (TPSA) is 46.2 Å². The Morgan fingerprint density at radius 2 is 1.92 bits per heavy atom. The summed E-state index contributed by atoms with van der Waals surface area (Å²) >= 11 is 0. The summed E-state index contributed by atoms with van der Waals surface area (Å²) in [5.74, 6) is -0.0380. The maximum absolute atomic E-state index is 11.2. The van der Waals surface area contributed by atoms with Gasteiger partial charge in [-0.05, 0) is 31.3 Å². The zero-order valence-electron chi connectivity index (χ0n) is 7.93. The average Bonchev–Trinajstić information content (AvgIpc) is 2.15. The molecular formula is C10H15NO2. The highest BCUT2D eigenvalue weighted by atomic mass is 16.1. The van der Waals surface area contributed by atoms with Crippen LogP contribution in [-0.2, 0) is 9.59 Å². The normalized spacial score (nSPS) is 16.5. The Morgan fingerprint density at radius 3 is 2.38 bits per heavy atom. The number of hydrogen-bond acceptors (Lipinski definition) is 2. The van der Waals surface area contributed by atoms with Crippen LogP contribution in [0.5, 0.6) is 0 Å². The summed E-state index contributed by atoms with van der Waals surface area (Å²) in [5, 5.41) is 2.50. The third-order valence-corrected chi connectivity index (χ3v) is 2.37. The summed E-state index contributed by atoms with van der Waals surface area (Å²) in [7, 11) is 0. The van der Waals surface area contributed by atoms with Crippen molar-refractivity contribution in [3.05, 3.63) is 11.3 Å². The second-order valence-corrected chi connectivity index (χ2v) is 3.36. The van der Waals surface area contributed by atoms with Gasteiger partial charge >= 0.3 is 0 Å². The number of rotatable bonds is 3. The molecule has 0 aromatic rings. The van der Waals surface area contributed by atoms with E-state index in [1.54, 1.807) is 0 Å². The fraction of sp³-hybridized carbons (Fsp3) is 0.600. The van der Waals surface area contributed by atoms with Gasteiger partial charge in [-0.3, -0.25) is 9.59 Å². The predicted octanol–water partition coefficient (Wildman–Crippen LogP) is 1.54. The van der Waals surface area contributed by atoms with Gasteiger partial charge in [0.05, 0.1) is 5.70 Å². The molecule has 3 nitrogen and oxygen atoms in total. The van der Waals surface area contributed by atoms with Gasteiger partial charge in [0.15, 0.2) is 5.78 Å². The van der Waals surface area contributed by atoms with Crippen LogP contribution in [0.15, 0.2) is 11.3 Å². The number of hydrogen-bond donors (Lipinski definition) is 1. The van der Waals surface area contributed by atoms with Crippen LogP contribution in [0, 0.1) is 0 Å². The first-order valence-corrected chi connectivity index (χ1v) is 4.69. The highest BCUT2D eigenvalue weighted by molar-refractivity contribution is 5.95. The third kappa shape index (κ3) is 2.68. The lowest BCUT2D eigenvalue weighted by Crippen LogP contribution is -2.20. The summed E-state index contributed by atoms with van der Waals surface area (Å²) < 4.78 is 0. The van der Waals surface area contributed by atoms with E-state index < -0.39 is 0 Å². The second kappa shape index (κ2) is 4.80. The van der Waals surface area contributed by atoms with Crippen molar-refractivity contribution in [1.29, 1.82) is 0 Å². The summed E-state index contributed by atoms with van der Waals surface area (Å²) in [6.45, 7) is 1.49. The lowest BCUT2D eigenvalue weighted by atomic mass is 9.92. The SMILES string of the molecule is CC(=O)C(NC=O)=C1CCCCC1. The van der Waals surface area contributed by atoms with Crippen molar-refractivity contribution in [1.82, 2.24) is 5.32 Å². The molecule has 1 aliphatic carbocycles. The molecule has 0 unspecified atom stereocenters. The van der Waals surface area contributed by atoms with Crippen molar-refractivity contribution in [2.45, 2.75) is 39.0 Å². The highest BCUT2D eigenvalue weighted by Crippen LogP contribution is 2.24. The lowest BCUT2D eigenvalue weighted by Gasteiger charge is -2.16. The van der Waals surface area contributed by atoms with Crippen LogP contribution in [0.4, 0.5) is 0 Å². The van der Waals surface area contributed by atoms with Crippen molar-refractivity contribution in [2.24, 2.45) is 0 Å². The van der Waals surface area contributed by atoms with Gasteiger partial charge in [-0.15, -0.1) is 0 Å². The van der Waals surface area contributed by atoms with Gasteiger partial charge in [0.1, 0.15) is 0 Å². The molecule has 3 heteroatoms. The number of carbonyl (C=O) groups excluding carboxylic acids is 2. The number of Topliss-reactive ketones (excluding diaryl/α,β-unsaturated/α-hetero) is 1. The van der Waals surface area contributed by atoms with Gasteiger partial charge in [-0.1, -0.05) is 6.42 Å². The van der Waals surface area contributed by atoms with E-state index in [1.807, 2.05) is 0 Å². The molecule has 1 amide bonds. The molecule has 1 aliphatic rings. The number of amides is 1. The highest BCUT2D eigenvalue weighted by Gasteiger charge is 2.13. The molecule has 0 atom stereocenters. The molecule has 0 radical (unpaired) electrons. The fourth-order valence-electron chi connectivity index (χ4n) is 1.74. The Morgan fingerprint density at radius 1 is 1.31 bits per heavy atom. The second-order valence-electron chi connectivity index (χ2n) is 3.36. The van der Waals surface area contributed by atoms with E-state index >= 15 is 0 Å². The summed E-state index contributed by atoms with van der Waals surface area (Å²) in [6, 6.07) is 0. The monoisotopic (exact) mass is 181 g/mol. The standard InChI is InChI=1S/C10H15NO2/c1-8(13)10(11-7-12)9-5-3-2-4-6-9/h7H,2-6H2,1H3,(H,11,12). The van der Waals surface area contributed by atoms with E-state index in [9.17, 15) is 9.59 Å². The summed E-state index contributed by atoms with van der Waals surface area (Å²) in [6.07, 6.45) is 5.99. The van der Waals surface area contributed by atoms with Crippen molar-refractivity contribution in [3.8, 4) is 0 Å². The van der Waals surface area contributed by atoms with E-state index in [0.717, 1.165) is 31.3 Å². The van der Waals surface area contributed by atoms with Gasteiger partial charge in [-0.25, -0.2) is 0 Å². The molecule has 0 heterocycles. The van der Waals surface area contributed by atoms with Crippen LogP contribution in [0.25, 0.3) is 0 Å². The molecular weight excluding hydrogens is 166 g/mol. The minimum absolute atomic E-state index is 0.0380. The molecule has 0 saturated heterocycles. The summed E-state index contributed by atoms with van der Waals surface area (Å²) in [5.41, 5.74) is 1.64. The van der Waals surface area contributed by atoms with E-state index in [1.165, 1.54) is 13.3 Å². The quantitative estimate of drug-likeness (QED) is 0.530. The van der Waals surface area contributed by atoms with Gasteiger partial charge in [0, 0.05) is 6.92 Å². The molecule has 0 aromatic heterocycles. The Bertz CT molecular complexity index is 235. The lowest BCUT2D eigenvalue weighted by molar-refractivity contribution is -0.116. The maximum atomic E-state index is 11.2. The first kappa shape index (κ1) is 9.96. The first-order valence-electron chi connectivity index (χ1n) is 4.69. The third-order valence-electron chi connectivity index (χ3n) is 2.37. The number of nitrogens with one attached hydrogen (secondary N) is 1. The zero-order chi connectivity index (χ0) is 9.68. The summed E-state index contributed by atoms with van der Waals surface area (Å²) in [4.78, 5) is 21.4. The zero-order valence-corrected chi connectivity index (χ0v) is 7.93. The first-order chi connectivity index (χ1) is 6.25. The Kier molecular flexibility index (Phi) is 3.68. The molecule has 0 spiro atoms. The van der Waals surface area contributed by atoms with Crippen molar-refractivity contribution >= 4 is 12.2 Å². The molecule has 1 saturated carbocycles. The van der Waals surface area contributed by atoms with Crippen molar-refractivity contribution < 1.29 is 9.59 Å². The Balaban J connectivity index is 2.79. The van der Waals surface area contributed by atoms with Crippen LogP contribution < -0.4 is 5.32 Å². The molecule has 0 aliphatic heterocycles. The minimum atomic E-state index is -0.0380. The average molecular weight is 181 g/mol. The number of carbonyl (C=O) groups is 2. The van der Waals surface area contributed by atoms with E-state index in [0.29, 0.717) is 12.1 Å². The molecule has 1 fully saturated rings. The molecule has 13 heavy (non-hydrogen) atoms. The predicted molar refractivity (Wildman–Crippen MR) is 50.0 cm³/mol. The van der Waals surface area contributed by atoms with E-state index in [-0.39, 0.29) is 5.78 Å². The smallest absolute Gasteiger partial charge is 0.211 e. The van der Waals surface area contributed by atoms with E-state index in [4.69, 9.17) is 0 Å². The van der Waals surface area contributed by atoms with Gasteiger partial charge in [0.2, 0.25) is 6.41 Å². The van der Waals surface area contributed by atoms with Crippen molar-refractivity contribution in [2.75, 3.05) is 0 Å². The van der Waals surface area contributed by atoms with Crippen LogP contribution in [0.1, 0.15) is 39.0 Å². The van der Waals surface area contributed by atoms with Crippen LogP contribution in [0.2, 0.25) is 0 Å². The number of ketones is 1. The molecule has 1 rings (SSSR count). The van der Waals surface area contributed by atoms with Crippen LogP contribution in [-0.4, -0.2) is 12.2 Å². The molecule has 1 N–H and O–H groups in total. The van der Waals surface area contributed by atoms with Crippen LogP contribution >= 0.6 is 0 Å². The molecule has 0 bridgehead atoms. The largest absolute Gasteiger partial charge is 0.326 e. The fourth-order valence-corrected chi connectivity index (χ4v) is 1.74. The Hall–Kier alpha value is -1.12. The maximum Gasteiger partial charge on any atom is 0.211 e.